The molecule has 0 radical (unpaired) electrons. The summed E-state index contributed by atoms with van der Waals surface area (Å²) in [4.78, 5) is 3.77. The van der Waals surface area contributed by atoms with Gasteiger partial charge in [0.15, 0.2) is 17.5 Å². The number of alkyl halides is 4. The Labute approximate surface area is 131 Å². The molecule has 0 heterocycles. The van der Waals surface area contributed by atoms with Crippen LogP contribution >= 0.6 is 0 Å². The zero-order valence-electron chi connectivity index (χ0n) is 12.8. The average molecular weight is 337 g/mol. The smallest absolute Gasteiger partial charge is 0.387 e. The van der Waals surface area contributed by atoms with Gasteiger partial charge in [0.1, 0.15) is 0 Å². The molecule has 2 N–H and O–H groups in total. The lowest BCUT2D eigenvalue weighted by molar-refractivity contribution is -0.0520. The topological polar surface area (TPSA) is 54.9 Å². The molecule has 0 atom stereocenters. The largest absolute Gasteiger partial charge is 0.490 e. The Kier molecular flexibility index (Phi) is 8.00. The minimum atomic E-state index is -3.01. The van der Waals surface area contributed by atoms with Gasteiger partial charge in [-0.2, -0.15) is 8.78 Å². The van der Waals surface area contributed by atoms with Crippen molar-refractivity contribution in [2.24, 2.45) is 4.99 Å². The molecule has 9 heteroatoms. The van der Waals surface area contributed by atoms with Gasteiger partial charge in [-0.15, -0.1) is 0 Å². The van der Waals surface area contributed by atoms with E-state index < -0.39 is 19.6 Å². The number of para-hydroxylation sites is 1. The van der Waals surface area contributed by atoms with Gasteiger partial charge in [0, 0.05) is 19.2 Å². The van der Waals surface area contributed by atoms with Crippen LogP contribution in [0.4, 0.5) is 17.6 Å². The quantitative estimate of drug-likeness (QED) is 0.435. The van der Waals surface area contributed by atoms with Crippen molar-refractivity contribution in [3.8, 4) is 11.5 Å². The second kappa shape index (κ2) is 9.75. The molecule has 130 valence electrons. The number of hydrogen-bond donors (Lipinski definition) is 2. The van der Waals surface area contributed by atoms with Gasteiger partial charge in [-0.25, -0.2) is 8.78 Å². The van der Waals surface area contributed by atoms with Crippen LogP contribution in [0, 0.1) is 0 Å². The molecular weight excluding hydrogens is 318 g/mol. The summed E-state index contributed by atoms with van der Waals surface area (Å²) in [5, 5.41) is 5.16. The maximum absolute atomic E-state index is 12.6. The van der Waals surface area contributed by atoms with Crippen LogP contribution in [0.5, 0.6) is 11.5 Å². The molecule has 23 heavy (non-hydrogen) atoms. The van der Waals surface area contributed by atoms with Gasteiger partial charge in [0.25, 0.3) is 6.43 Å². The highest BCUT2D eigenvalue weighted by Gasteiger charge is 2.16. The first kappa shape index (κ1) is 18.9. The number of nitrogens with zero attached hydrogens (tertiary/aromatic N) is 1. The number of aliphatic imine (C=N–C) groups is 1. The van der Waals surface area contributed by atoms with E-state index in [1.807, 2.05) is 0 Å². The monoisotopic (exact) mass is 337 g/mol. The molecule has 1 aromatic carbocycles. The molecule has 0 aliphatic rings. The fourth-order valence-corrected chi connectivity index (χ4v) is 1.77. The molecule has 0 unspecified atom stereocenters. The first-order chi connectivity index (χ1) is 11.0. The van der Waals surface area contributed by atoms with Crippen LogP contribution < -0.4 is 20.1 Å². The number of benzene rings is 1. The Hall–Kier alpha value is -2.19. The normalized spacial score (nSPS) is 11.7. The van der Waals surface area contributed by atoms with E-state index in [-0.39, 0.29) is 30.6 Å². The van der Waals surface area contributed by atoms with Crippen molar-refractivity contribution in [2.75, 3.05) is 20.2 Å². The molecule has 5 nitrogen and oxygen atoms in total. The van der Waals surface area contributed by atoms with E-state index in [1.165, 1.54) is 13.1 Å². The summed E-state index contributed by atoms with van der Waals surface area (Å²) in [7, 11) is 1.41. The van der Waals surface area contributed by atoms with Crippen molar-refractivity contribution in [3.05, 3.63) is 23.8 Å². The number of hydrogen-bond acceptors (Lipinski definition) is 3. The van der Waals surface area contributed by atoms with Crippen LogP contribution in [0.25, 0.3) is 0 Å². The Morgan fingerprint density at radius 3 is 2.52 bits per heavy atom. The van der Waals surface area contributed by atoms with Crippen molar-refractivity contribution < 1.29 is 27.0 Å². The summed E-state index contributed by atoms with van der Waals surface area (Å²) in [6, 6.07) is 4.69. The summed E-state index contributed by atoms with van der Waals surface area (Å²) in [6.45, 7) is -1.53. The predicted octanol–water partition coefficient (Wildman–Crippen LogP) is 2.62. The molecule has 0 spiro atoms. The van der Waals surface area contributed by atoms with Crippen LogP contribution in [0.2, 0.25) is 0 Å². The van der Waals surface area contributed by atoms with E-state index in [1.54, 1.807) is 19.1 Å². The maximum atomic E-state index is 12.6. The number of guanidine groups is 1. The van der Waals surface area contributed by atoms with Gasteiger partial charge in [0.05, 0.1) is 13.2 Å². The highest BCUT2D eigenvalue weighted by atomic mass is 19.3. The standard InChI is InChI=1S/C14H19F4N3O2/c1-3-22-10-6-4-5-9(12(10)23-13(17)18)7-20-14(19-2)21-8-11(15)16/h4-6,11,13H,3,7-8H2,1-2H3,(H2,19,20,21). The summed E-state index contributed by atoms with van der Waals surface area (Å²) in [5.74, 6) is 0.207. The van der Waals surface area contributed by atoms with Gasteiger partial charge in [-0.1, -0.05) is 12.1 Å². The van der Waals surface area contributed by atoms with Gasteiger partial charge >= 0.3 is 6.61 Å². The van der Waals surface area contributed by atoms with Crippen LogP contribution in [-0.4, -0.2) is 39.2 Å². The molecule has 0 saturated heterocycles. The lowest BCUT2D eigenvalue weighted by atomic mass is 10.2. The van der Waals surface area contributed by atoms with Gasteiger partial charge in [-0.05, 0) is 13.0 Å². The van der Waals surface area contributed by atoms with E-state index >= 15 is 0 Å². The van der Waals surface area contributed by atoms with Crippen LogP contribution in [0.15, 0.2) is 23.2 Å². The van der Waals surface area contributed by atoms with Crippen molar-refractivity contribution >= 4 is 5.96 Å². The van der Waals surface area contributed by atoms with Gasteiger partial charge in [0.2, 0.25) is 0 Å². The number of nitrogens with one attached hydrogen (secondary N) is 2. The molecular formula is C14H19F4N3O2. The number of rotatable bonds is 8. The van der Waals surface area contributed by atoms with E-state index in [9.17, 15) is 17.6 Å². The Bertz CT molecular complexity index is 513. The third-order valence-corrected chi connectivity index (χ3v) is 2.66. The molecule has 1 rings (SSSR count). The number of ether oxygens (including phenoxy) is 2. The zero-order valence-corrected chi connectivity index (χ0v) is 12.8. The summed E-state index contributed by atoms with van der Waals surface area (Å²) in [6.07, 6.45) is -2.53. The van der Waals surface area contributed by atoms with Crippen LogP contribution in [0.1, 0.15) is 12.5 Å². The van der Waals surface area contributed by atoms with Crippen molar-refractivity contribution in [1.29, 1.82) is 0 Å². The molecule has 0 aromatic heterocycles. The van der Waals surface area contributed by atoms with Gasteiger partial charge in [-0.3, -0.25) is 4.99 Å². The molecule has 0 saturated carbocycles. The molecule has 0 fully saturated rings. The second-order valence-corrected chi connectivity index (χ2v) is 4.25. The van der Waals surface area contributed by atoms with E-state index in [0.29, 0.717) is 5.56 Å². The second-order valence-electron chi connectivity index (χ2n) is 4.25. The third-order valence-electron chi connectivity index (χ3n) is 2.66. The van der Waals surface area contributed by atoms with Crippen molar-refractivity contribution in [1.82, 2.24) is 10.6 Å². The highest BCUT2D eigenvalue weighted by Crippen LogP contribution is 2.32. The minimum Gasteiger partial charge on any atom is -0.490 e. The maximum Gasteiger partial charge on any atom is 0.387 e. The summed E-state index contributed by atoms with van der Waals surface area (Å²) >= 11 is 0. The molecule has 0 bridgehead atoms. The Balaban J connectivity index is 2.83. The molecule has 1 aromatic rings. The van der Waals surface area contributed by atoms with E-state index in [4.69, 9.17) is 4.74 Å². The van der Waals surface area contributed by atoms with Crippen LogP contribution in [0.3, 0.4) is 0 Å². The van der Waals surface area contributed by atoms with E-state index in [2.05, 4.69) is 20.4 Å². The van der Waals surface area contributed by atoms with Gasteiger partial charge < -0.3 is 20.1 Å². The first-order valence-electron chi connectivity index (χ1n) is 6.90. The predicted molar refractivity (Wildman–Crippen MR) is 78.4 cm³/mol. The van der Waals surface area contributed by atoms with E-state index in [0.717, 1.165) is 0 Å². The Morgan fingerprint density at radius 1 is 1.22 bits per heavy atom. The molecule has 0 aliphatic carbocycles. The fraction of sp³-hybridized carbons (Fsp3) is 0.500. The first-order valence-corrected chi connectivity index (χ1v) is 6.90. The van der Waals surface area contributed by atoms with Crippen molar-refractivity contribution in [2.45, 2.75) is 26.5 Å². The fourth-order valence-electron chi connectivity index (χ4n) is 1.77. The van der Waals surface area contributed by atoms with Crippen LogP contribution in [-0.2, 0) is 6.54 Å². The molecule has 0 aliphatic heterocycles. The SMILES string of the molecule is CCOc1cccc(CNC(=NC)NCC(F)F)c1OC(F)F. The van der Waals surface area contributed by atoms with Crippen molar-refractivity contribution in [3.63, 3.8) is 0 Å². The number of halogens is 4. The lowest BCUT2D eigenvalue weighted by Crippen LogP contribution is -2.39. The third kappa shape index (κ3) is 6.62. The summed E-state index contributed by atoms with van der Waals surface area (Å²) < 4.78 is 59.3. The Morgan fingerprint density at radius 2 is 1.96 bits per heavy atom. The molecule has 0 amide bonds. The average Bonchev–Trinajstić information content (AvgIpc) is 2.49. The zero-order chi connectivity index (χ0) is 17.2. The highest BCUT2D eigenvalue weighted by molar-refractivity contribution is 5.79. The summed E-state index contributed by atoms with van der Waals surface area (Å²) in [5.41, 5.74) is 0.385. The lowest BCUT2D eigenvalue weighted by Gasteiger charge is -2.17. The minimum absolute atomic E-state index is 0.0475.